The first-order chi connectivity index (χ1) is 14.9. The third kappa shape index (κ3) is 4.11. The van der Waals surface area contributed by atoms with Crippen molar-refractivity contribution in [1.29, 1.82) is 0 Å². The van der Waals surface area contributed by atoms with E-state index in [2.05, 4.69) is 10.4 Å². The Morgan fingerprint density at radius 3 is 2.65 bits per heavy atom. The van der Waals surface area contributed by atoms with Gasteiger partial charge in [-0.1, -0.05) is 36.4 Å². The van der Waals surface area contributed by atoms with Crippen molar-refractivity contribution >= 4 is 17.6 Å². The van der Waals surface area contributed by atoms with Crippen molar-refractivity contribution in [3.8, 4) is 22.8 Å². The van der Waals surface area contributed by atoms with E-state index < -0.39 is 23.6 Å². The van der Waals surface area contributed by atoms with Gasteiger partial charge in [-0.2, -0.15) is 5.10 Å². The summed E-state index contributed by atoms with van der Waals surface area (Å²) in [6, 6.07) is 13.2. The number of fused-ring (bicyclic) bond motifs is 1. The van der Waals surface area contributed by atoms with Crippen LogP contribution in [0.5, 0.6) is 11.5 Å². The second-order valence-corrected chi connectivity index (χ2v) is 7.05. The van der Waals surface area contributed by atoms with Crippen LogP contribution in [0, 0.1) is 0 Å². The van der Waals surface area contributed by atoms with Gasteiger partial charge in [-0.15, -0.1) is 0 Å². The van der Waals surface area contributed by atoms with Gasteiger partial charge < -0.3 is 20.5 Å². The molecule has 9 nitrogen and oxygen atoms in total. The summed E-state index contributed by atoms with van der Waals surface area (Å²) < 4.78 is 12.4. The Balaban J connectivity index is 1.65. The second kappa shape index (κ2) is 8.31. The van der Waals surface area contributed by atoms with Crippen LogP contribution in [-0.2, 0) is 23.1 Å². The van der Waals surface area contributed by atoms with E-state index in [1.165, 1.54) is 10.9 Å². The van der Waals surface area contributed by atoms with Crippen LogP contribution in [0.15, 0.2) is 54.7 Å². The monoisotopic (exact) mass is 420 g/mol. The van der Waals surface area contributed by atoms with Crippen molar-refractivity contribution in [3.63, 3.8) is 0 Å². The van der Waals surface area contributed by atoms with Gasteiger partial charge in [0, 0.05) is 25.2 Å². The van der Waals surface area contributed by atoms with Crippen molar-refractivity contribution in [3.05, 3.63) is 65.9 Å². The molecule has 2 amide bonds. The average Bonchev–Trinajstić information content (AvgIpc) is 3.39. The molecule has 9 heteroatoms. The zero-order valence-electron chi connectivity index (χ0n) is 16.7. The average molecular weight is 420 g/mol. The number of aromatic nitrogens is 2. The molecule has 4 rings (SSSR count). The number of nitrogens with one attached hydrogen (secondary N) is 1. The van der Waals surface area contributed by atoms with Crippen molar-refractivity contribution in [2.24, 2.45) is 12.8 Å². The maximum atomic E-state index is 13.1. The van der Waals surface area contributed by atoms with E-state index in [0.29, 0.717) is 22.8 Å². The lowest BCUT2D eigenvalue weighted by atomic mass is 10.0. The fourth-order valence-electron chi connectivity index (χ4n) is 3.44. The van der Waals surface area contributed by atoms with Gasteiger partial charge in [0.05, 0.1) is 5.56 Å². The molecule has 0 spiro atoms. The summed E-state index contributed by atoms with van der Waals surface area (Å²) in [5.74, 6) is -1.50. The highest BCUT2D eigenvalue weighted by molar-refractivity contribution is 6.38. The van der Waals surface area contributed by atoms with E-state index in [-0.39, 0.29) is 18.8 Å². The Kier molecular flexibility index (Phi) is 5.40. The topological polar surface area (TPSA) is 126 Å². The molecule has 3 N–H and O–H groups in total. The van der Waals surface area contributed by atoms with Crippen LogP contribution in [0.4, 0.5) is 0 Å². The number of aryl methyl sites for hydroxylation is 1. The number of nitrogens with zero attached hydrogens (tertiary/aromatic N) is 2. The maximum Gasteiger partial charge on any atom is 0.287 e. The fraction of sp³-hybridized carbons (Fsp3) is 0.182. The zero-order valence-corrected chi connectivity index (χ0v) is 16.7. The van der Waals surface area contributed by atoms with Gasteiger partial charge in [-0.05, 0) is 17.7 Å². The summed E-state index contributed by atoms with van der Waals surface area (Å²) in [5, 5.41) is 7.03. The number of hydrogen-bond donors (Lipinski definition) is 2. The highest BCUT2D eigenvalue weighted by Crippen LogP contribution is 2.41. The Morgan fingerprint density at radius 2 is 1.90 bits per heavy atom. The SMILES string of the molecule is Cn1cc(C(=O)NC(Cc2ccccc2)C(=O)C(N)=O)c(-c2cccc3c2OCO3)n1. The molecule has 0 fully saturated rings. The second-order valence-electron chi connectivity index (χ2n) is 7.05. The molecule has 0 saturated heterocycles. The van der Waals surface area contributed by atoms with Gasteiger partial charge in [-0.25, -0.2) is 0 Å². The van der Waals surface area contributed by atoms with E-state index in [0.717, 1.165) is 5.56 Å². The van der Waals surface area contributed by atoms with Gasteiger partial charge in [0.2, 0.25) is 12.6 Å². The van der Waals surface area contributed by atoms with Crippen molar-refractivity contribution < 1.29 is 23.9 Å². The number of benzene rings is 2. The summed E-state index contributed by atoms with van der Waals surface area (Å²) in [6.07, 6.45) is 1.66. The van der Waals surface area contributed by atoms with Crippen molar-refractivity contribution in [1.82, 2.24) is 15.1 Å². The number of para-hydroxylation sites is 1. The molecule has 2 heterocycles. The first kappa shape index (κ1) is 20.1. The molecular formula is C22H20N4O5. The van der Waals surface area contributed by atoms with Crippen LogP contribution in [0.25, 0.3) is 11.3 Å². The molecule has 0 radical (unpaired) electrons. The third-order valence-electron chi connectivity index (χ3n) is 4.87. The molecule has 1 aliphatic rings. The minimum atomic E-state index is -1.11. The number of carbonyl (C=O) groups is 3. The van der Waals surface area contributed by atoms with Crippen molar-refractivity contribution in [2.75, 3.05) is 6.79 Å². The number of nitrogens with two attached hydrogens (primary N) is 1. The number of primary amides is 1. The lowest BCUT2D eigenvalue weighted by Gasteiger charge is -2.16. The number of carbonyl (C=O) groups excluding carboxylic acids is 3. The van der Waals surface area contributed by atoms with Gasteiger partial charge in [0.1, 0.15) is 11.7 Å². The first-order valence-electron chi connectivity index (χ1n) is 9.55. The lowest BCUT2D eigenvalue weighted by Crippen LogP contribution is -2.47. The molecule has 1 unspecified atom stereocenters. The van der Waals surface area contributed by atoms with Gasteiger partial charge >= 0.3 is 0 Å². The normalized spacial score (nSPS) is 12.9. The molecule has 31 heavy (non-hydrogen) atoms. The number of ketones is 1. The summed E-state index contributed by atoms with van der Waals surface area (Å²) in [4.78, 5) is 37.1. The Bertz CT molecular complexity index is 1160. The minimum Gasteiger partial charge on any atom is -0.454 e. The van der Waals surface area contributed by atoms with E-state index in [1.807, 2.05) is 6.07 Å². The lowest BCUT2D eigenvalue weighted by molar-refractivity contribution is -0.137. The number of ether oxygens (including phenoxy) is 2. The minimum absolute atomic E-state index is 0.0764. The molecule has 1 atom stereocenters. The van der Waals surface area contributed by atoms with E-state index in [9.17, 15) is 14.4 Å². The quantitative estimate of drug-likeness (QED) is 0.554. The number of amides is 2. The van der Waals surface area contributed by atoms with Crippen molar-refractivity contribution in [2.45, 2.75) is 12.5 Å². The summed E-state index contributed by atoms with van der Waals surface area (Å²) in [6.45, 7) is 0.0764. The molecule has 0 saturated carbocycles. The van der Waals surface area contributed by atoms with Crippen LogP contribution in [-0.4, -0.2) is 40.2 Å². The summed E-state index contributed by atoms with van der Waals surface area (Å²) >= 11 is 0. The smallest absolute Gasteiger partial charge is 0.287 e. The largest absolute Gasteiger partial charge is 0.454 e. The molecule has 1 aliphatic heterocycles. The van der Waals surface area contributed by atoms with Crippen LogP contribution in [0.1, 0.15) is 15.9 Å². The highest BCUT2D eigenvalue weighted by Gasteiger charge is 2.29. The van der Waals surface area contributed by atoms with Crippen LogP contribution in [0.2, 0.25) is 0 Å². The molecule has 0 aliphatic carbocycles. The molecular weight excluding hydrogens is 400 g/mol. The number of hydrogen-bond acceptors (Lipinski definition) is 6. The molecule has 158 valence electrons. The maximum absolute atomic E-state index is 13.1. The third-order valence-corrected chi connectivity index (χ3v) is 4.87. The van der Waals surface area contributed by atoms with Crippen LogP contribution < -0.4 is 20.5 Å². The number of Topliss-reactive ketones (excluding diaryl/α,β-unsaturated/α-hetero) is 1. The highest BCUT2D eigenvalue weighted by atomic mass is 16.7. The summed E-state index contributed by atoms with van der Waals surface area (Å²) in [7, 11) is 1.68. The van der Waals surface area contributed by atoms with E-state index in [4.69, 9.17) is 15.2 Å². The first-order valence-corrected chi connectivity index (χ1v) is 9.55. The molecule has 3 aromatic rings. The zero-order chi connectivity index (χ0) is 22.0. The summed E-state index contributed by atoms with van der Waals surface area (Å²) in [5.41, 5.74) is 7.16. The van der Waals surface area contributed by atoms with Crippen LogP contribution >= 0.6 is 0 Å². The van der Waals surface area contributed by atoms with Gasteiger partial charge in [-0.3, -0.25) is 19.1 Å². The van der Waals surface area contributed by atoms with Crippen LogP contribution in [0.3, 0.4) is 0 Å². The molecule has 0 bridgehead atoms. The van der Waals surface area contributed by atoms with Gasteiger partial charge in [0.25, 0.3) is 11.8 Å². The predicted molar refractivity (Wildman–Crippen MR) is 110 cm³/mol. The van der Waals surface area contributed by atoms with Gasteiger partial charge in [0.15, 0.2) is 11.5 Å². The predicted octanol–water partition coefficient (Wildman–Crippen LogP) is 1.21. The van der Waals surface area contributed by atoms with E-state index in [1.54, 1.807) is 49.5 Å². The van der Waals surface area contributed by atoms with E-state index >= 15 is 0 Å². The Morgan fingerprint density at radius 1 is 1.13 bits per heavy atom. The Hall–Kier alpha value is -4.14. The molecule has 2 aromatic carbocycles. The fourth-order valence-corrected chi connectivity index (χ4v) is 3.44. The standard InChI is InChI=1S/C22H20N4O5/c1-26-11-15(18(25-26)14-8-5-9-17-20(14)31-12-30-17)22(29)24-16(19(27)21(23)28)10-13-6-3-2-4-7-13/h2-9,11,16H,10,12H2,1H3,(H2,23,28)(H,24,29). The molecule has 1 aromatic heterocycles. The number of rotatable bonds is 7. The Labute approximate surface area is 177 Å².